The maximum absolute atomic E-state index is 5.99. The number of rotatable bonds is 3. The van der Waals surface area contributed by atoms with Crippen LogP contribution in [0.2, 0.25) is 0 Å². The molecule has 6 heteroatoms. The highest BCUT2D eigenvalue weighted by Gasteiger charge is 2.13. The number of nitrogen functional groups attached to an aromatic ring is 1. The molecular weight excluding hydrogens is 242 g/mol. The van der Waals surface area contributed by atoms with Gasteiger partial charge in [0.05, 0.1) is 13.2 Å². The molecule has 3 rings (SSSR count). The monoisotopic (exact) mass is 261 g/mol. The Bertz CT molecular complexity index is 574. The second-order valence-electron chi connectivity index (χ2n) is 4.87. The van der Waals surface area contributed by atoms with Gasteiger partial charge in [0.2, 0.25) is 5.95 Å². The average molecular weight is 261 g/mol. The lowest BCUT2D eigenvalue weighted by atomic mass is 10.3. The van der Waals surface area contributed by atoms with Gasteiger partial charge in [0, 0.05) is 31.9 Å². The van der Waals surface area contributed by atoms with E-state index in [-0.39, 0.29) is 0 Å². The van der Waals surface area contributed by atoms with Crippen LogP contribution in [0.5, 0.6) is 0 Å². The van der Waals surface area contributed by atoms with Crippen LogP contribution in [0.4, 0.5) is 5.95 Å². The lowest BCUT2D eigenvalue weighted by molar-refractivity contribution is 0.0366. The lowest BCUT2D eigenvalue weighted by Gasteiger charge is -2.26. The Balaban J connectivity index is 1.79. The molecule has 2 N–H and O–H groups in total. The minimum atomic E-state index is 0.543. The number of aromatic nitrogens is 3. The summed E-state index contributed by atoms with van der Waals surface area (Å²) in [6.45, 7) is 7.36. The highest BCUT2D eigenvalue weighted by Crippen LogP contribution is 2.16. The molecule has 0 bridgehead atoms. The predicted octanol–water partition coefficient (Wildman–Crippen LogP) is 0.654. The van der Waals surface area contributed by atoms with E-state index in [1.165, 1.54) is 0 Å². The molecule has 1 aliphatic rings. The van der Waals surface area contributed by atoms with E-state index < -0.39 is 0 Å². The second kappa shape index (κ2) is 5.14. The van der Waals surface area contributed by atoms with Crippen LogP contribution in [0.15, 0.2) is 12.1 Å². The van der Waals surface area contributed by atoms with Crippen molar-refractivity contribution in [2.24, 2.45) is 0 Å². The van der Waals surface area contributed by atoms with E-state index in [4.69, 9.17) is 10.5 Å². The Hall–Kier alpha value is -1.66. The summed E-state index contributed by atoms with van der Waals surface area (Å²) in [5.74, 6) is 0.543. The van der Waals surface area contributed by atoms with Gasteiger partial charge in [-0.3, -0.25) is 9.47 Å². The zero-order chi connectivity index (χ0) is 13.2. The van der Waals surface area contributed by atoms with Crippen LogP contribution < -0.4 is 5.73 Å². The lowest BCUT2D eigenvalue weighted by Crippen LogP contribution is -2.38. The molecule has 0 amide bonds. The summed E-state index contributed by atoms with van der Waals surface area (Å²) >= 11 is 0. The van der Waals surface area contributed by atoms with E-state index >= 15 is 0 Å². The van der Waals surface area contributed by atoms with E-state index in [2.05, 4.69) is 14.9 Å². The maximum atomic E-state index is 5.99. The Labute approximate surface area is 112 Å². The summed E-state index contributed by atoms with van der Waals surface area (Å²) in [6.07, 6.45) is 0. The van der Waals surface area contributed by atoms with Crippen LogP contribution in [0.3, 0.4) is 0 Å². The first-order chi connectivity index (χ1) is 9.24. The molecule has 0 aliphatic carbocycles. The number of aryl methyl sites for hydroxylation is 1. The van der Waals surface area contributed by atoms with Crippen LogP contribution in [0.1, 0.15) is 5.69 Å². The first-order valence-corrected chi connectivity index (χ1v) is 6.63. The Kier molecular flexibility index (Phi) is 3.35. The van der Waals surface area contributed by atoms with Crippen LogP contribution in [0, 0.1) is 6.92 Å². The summed E-state index contributed by atoms with van der Waals surface area (Å²) in [5, 5.41) is 0. The molecule has 0 aromatic carbocycles. The molecule has 1 fully saturated rings. The molecule has 2 aromatic heterocycles. The van der Waals surface area contributed by atoms with Gasteiger partial charge in [-0.2, -0.15) is 0 Å². The van der Waals surface area contributed by atoms with Gasteiger partial charge in [-0.25, -0.2) is 9.97 Å². The van der Waals surface area contributed by atoms with Gasteiger partial charge in [-0.1, -0.05) is 0 Å². The highest BCUT2D eigenvalue weighted by molar-refractivity contribution is 5.74. The summed E-state index contributed by atoms with van der Waals surface area (Å²) in [4.78, 5) is 11.3. The number of anilines is 1. The van der Waals surface area contributed by atoms with Crippen molar-refractivity contribution in [1.82, 2.24) is 19.4 Å². The predicted molar refractivity (Wildman–Crippen MR) is 73.9 cm³/mol. The molecule has 1 saturated heterocycles. The zero-order valence-corrected chi connectivity index (χ0v) is 11.2. The first-order valence-electron chi connectivity index (χ1n) is 6.63. The number of fused-ring (bicyclic) bond motifs is 1. The largest absolute Gasteiger partial charge is 0.379 e. The third-order valence-corrected chi connectivity index (χ3v) is 3.50. The van der Waals surface area contributed by atoms with Crippen LogP contribution in [0.25, 0.3) is 11.2 Å². The van der Waals surface area contributed by atoms with Crippen molar-refractivity contribution >= 4 is 17.1 Å². The molecule has 0 radical (unpaired) electrons. The fraction of sp³-hybridized carbons (Fsp3) is 0.538. The van der Waals surface area contributed by atoms with Crippen molar-refractivity contribution in [2.75, 3.05) is 38.6 Å². The van der Waals surface area contributed by atoms with E-state index in [0.717, 1.165) is 56.3 Å². The number of morpholine rings is 1. The maximum Gasteiger partial charge on any atom is 0.202 e. The van der Waals surface area contributed by atoms with Gasteiger partial charge >= 0.3 is 0 Å². The minimum Gasteiger partial charge on any atom is -0.379 e. The standard InChI is InChI=1S/C13H19N5O/c1-10-2-3-11-12(15-10)18(13(14)16-11)5-4-17-6-8-19-9-7-17/h2-3H,4-9H2,1H3,(H2,14,16). The topological polar surface area (TPSA) is 69.2 Å². The highest BCUT2D eigenvalue weighted by atomic mass is 16.5. The molecule has 0 spiro atoms. The Morgan fingerprint density at radius 1 is 1.21 bits per heavy atom. The van der Waals surface area contributed by atoms with E-state index in [1.54, 1.807) is 0 Å². The zero-order valence-electron chi connectivity index (χ0n) is 11.2. The SMILES string of the molecule is Cc1ccc2nc(N)n(CCN3CCOCC3)c2n1. The van der Waals surface area contributed by atoms with Gasteiger partial charge in [0.25, 0.3) is 0 Å². The van der Waals surface area contributed by atoms with Crippen molar-refractivity contribution in [3.8, 4) is 0 Å². The summed E-state index contributed by atoms with van der Waals surface area (Å²) < 4.78 is 7.35. The molecule has 3 heterocycles. The van der Waals surface area contributed by atoms with E-state index in [1.807, 2.05) is 23.6 Å². The number of nitrogens with zero attached hydrogens (tertiary/aromatic N) is 4. The minimum absolute atomic E-state index is 0.543. The number of hydrogen-bond donors (Lipinski definition) is 1. The molecule has 6 nitrogen and oxygen atoms in total. The molecule has 19 heavy (non-hydrogen) atoms. The molecule has 0 saturated carbocycles. The first kappa shape index (κ1) is 12.4. The van der Waals surface area contributed by atoms with Crippen LogP contribution in [-0.2, 0) is 11.3 Å². The number of nitrogens with two attached hydrogens (primary N) is 1. The van der Waals surface area contributed by atoms with Crippen molar-refractivity contribution in [3.05, 3.63) is 17.8 Å². The Morgan fingerprint density at radius 2 is 2.00 bits per heavy atom. The van der Waals surface area contributed by atoms with Crippen LogP contribution in [-0.4, -0.2) is 52.3 Å². The number of ether oxygens (including phenoxy) is 1. The molecule has 102 valence electrons. The average Bonchev–Trinajstić information content (AvgIpc) is 2.73. The summed E-state index contributed by atoms with van der Waals surface area (Å²) in [7, 11) is 0. The van der Waals surface area contributed by atoms with Gasteiger partial charge in [-0.05, 0) is 19.1 Å². The molecule has 0 unspecified atom stereocenters. The van der Waals surface area contributed by atoms with Crippen molar-refractivity contribution in [2.45, 2.75) is 13.5 Å². The Morgan fingerprint density at radius 3 is 2.79 bits per heavy atom. The van der Waals surface area contributed by atoms with E-state index in [0.29, 0.717) is 5.95 Å². The van der Waals surface area contributed by atoms with E-state index in [9.17, 15) is 0 Å². The second-order valence-corrected chi connectivity index (χ2v) is 4.87. The number of pyridine rings is 1. The third-order valence-electron chi connectivity index (χ3n) is 3.50. The number of imidazole rings is 1. The normalized spacial score (nSPS) is 17.1. The van der Waals surface area contributed by atoms with Crippen LogP contribution >= 0.6 is 0 Å². The quantitative estimate of drug-likeness (QED) is 0.878. The van der Waals surface area contributed by atoms with Gasteiger partial charge in [-0.15, -0.1) is 0 Å². The van der Waals surface area contributed by atoms with Crippen molar-refractivity contribution in [1.29, 1.82) is 0 Å². The fourth-order valence-electron chi connectivity index (χ4n) is 2.40. The fourth-order valence-corrected chi connectivity index (χ4v) is 2.40. The molecular formula is C13H19N5O. The van der Waals surface area contributed by atoms with Gasteiger partial charge in [0.15, 0.2) is 5.65 Å². The number of hydrogen-bond acceptors (Lipinski definition) is 5. The van der Waals surface area contributed by atoms with Crippen molar-refractivity contribution < 1.29 is 4.74 Å². The molecule has 0 atom stereocenters. The summed E-state index contributed by atoms with van der Waals surface area (Å²) in [5.41, 5.74) is 8.72. The van der Waals surface area contributed by atoms with Gasteiger partial charge in [0.1, 0.15) is 5.52 Å². The third kappa shape index (κ3) is 2.54. The summed E-state index contributed by atoms with van der Waals surface area (Å²) in [6, 6.07) is 3.93. The van der Waals surface area contributed by atoms with Crippen molar-refractivity contribution in [3.63, 3.8) is 0 Å². The molecule has 1 aliphatic heterocycles. The molecule has 2 aromatic rings. The van der Waals surface area contributed by atoms with Gasteiger partial charge < -0.3 is 10.5 Å². The smallest absolute Gasteiger partial charge is 0.202 e.